The highest BCUT2D eigenvalue weighted by atomic mass is 16.1. The number of nitrogens with one attached hydrogen (secondary N) is 1. The Morgan fingerprint density at radius 1 is 1.55 bits per heavy atom. The zero-order valence-electron chi connectivity index (χ0n) is 7.22. The van der Waals surface area contributed by atoms with E-state index in [1.54, 1.807) is 6.92 Å². The van der Waals surface area contributed by atoms with Gasteiger partial charge in [0.25, 0.3) is 0 Å². The Labute approximate surface area is 67.4 Å². The van der Waals surface area contributed by atoms with Crippen LogP contribution in [0.2, 0.25) is 0 Å². The zero-order valence-corrected chi connectivity index (χ0v) is 7.22. The van der Waals surface area contributed by atoms with Crippen LogP contribution in [-0.4, -0.2) is 11.9 Å². The van der Waals surface area contributed by atoms with Crippen molar-refractivity contribution in [3.8, 4) is 6.07 Å². The van der Waals surface area contributed by atoms with Crippen molar-refractivity contribution in [2.45, 2.75) is 33.2 Å². The number of nitriles is 1. The number of carbonyl (C=O) groups is 1. The van der Waals surface area contributed by atoms with Gasteiger partial charge in [-0.25, -0.2) is 0 Å². The fraction of sp³-hybridized carbons (Fsp3) is 0.750. The third-order valence-corrected chi connectivity index (χ3v) is 1.16. The molecule has 0 aliphatic rings. The molecule has 1 unspecified atom stereocenters. The molecule has 0 rings (SSSR count). The molecular formula is C8H14N2O. The van der Waals surface area contributed by atoms with Gasteiger partial charge in [0, 0.05) is 12.5 Å². The summed E-state index contributed by atoms with van der Waals surface area (Å²) < 4.78 is 0. The van der Waals surface area contributed by atoms with E-state index in [-0.39, 0.29) is 17.9 Å². The standard InChI is InChI=1S/C8H14N2O/c1-6(2)10-8(11)4-7(3)5-9/h6-7H,4H2,1-3H3,(H,10,11). The maximum Gasteiger partial charge on any atom is 0.221 e. The fourth-order valence-corrected chi connectivity index (χ4v) is 0.705. The maximum absolute atomic E-state index is 11.0. The summed E-state index contributed by atoms with van der Waals surface area (Å²) in [5, 5.41) is 11.1. The fourth-order valence-electron chi connectivity index (χ4n) is 0.705. The molecule has 0 aromatic rings. The second-order valence-corrected chi connectivity index (χ2v) is 2.96. The summed E-state index contributed by atoms with van der Waals surface area (Å²) in [6, 6.07) is 2.17. The first-order chi connectivity index (χ1) is 5.06. The van der Waals surface area contributed by atoms with Gasteiger partial charge >= 0.3 is 0 Å². The van der Waals surface area contributed by atoms with Crippen molar-refractivity contribution in [1.29, 1.82) is 5.26 Å². The number of nitrogens with zero attached hydrogens (tertiary/aromatic N) is 1. The zero-order chi connectivity index (χ0) is 8.85. The van der Waals surface area contributed by atoms with E-state index in [4.69, 9.17) is 5.26 Å². The minimum absolute atomic E-state index is 0.0472. The molecule has 0 radical (unpaired) electrons. The van der Waals surface area contributed by atoms with E-state index in [2.05, 4.69) is 5.32 Å². The molecule has 0 aromatic heterocycles. The number of amides is 1. The monoisotopic (exact) mass is 154 g/mol. The average molecular weight is 154 g/mol. The molecule has 0 saturated heterocycles. The van der Waals surface area contributed by atoms with Crippen LogP contribution in [0.1, 0.15) is 27.2 Å². The van der Waals surface area contributed by atoms with Crippen LogP contribution in [0.5, 0.6) is 0 Å². The van der Waals surface area contributed by atoms with Crippen molar-refractivity contribution in [2.24, 2.45) is 5.92 Å². The Morgan fingerprint density at radius 3 is 2.45 bits per heavy atom. The van der Waals surface area contributed by atoms with Crippen LogP contribution in [0, 0.1) is 17.2 Å². The summed E-state index contributed by atoms with van der Waals surface area (Å²) in [6.07, 6.45) is 0.300. The first-order valence-electron chi connectivity index (χ1n) is 3.75. The van der Waals surface area contributed by atoms with Crippen LogP contribution in [-0.2, 0) is 4.79 Å². The van der Waals surface area contributed by atoms with Crippen LogP contribution in [0.15, 0.2) is 0 Å². The van der Waals surface area contributed by atoms with E-state index < -0.39 is 0 Å². The second-order valence-electron chi connectivity index (χ2n) is 2.96. The van der Waals surface area contributed by atoms with E-state index in [1.807, 2.05) is 19.9 Å². The molecule has 0 spiro atoms. The Hall–Kier alpha value is -1.04. The molecular weight excluding hydrogens is 140 g/mol. The molecule has 1 amide bonds. The van der Waals surface area contributed by atoms with Crippen molar-refractivity contribution in [1.82, 2.24) is 5.32 Å². The number of hydrogen-bond donors (Lipinski definition) is 1. The topological polar surface area (TPSA) is 52.9 Å². The third kappa shape index (κ3) is 5.41. The number of carbonyl (C=O) groups excluding carboxylic acids is 1. The predicted molar refractivity (Wildman–Crippen MR) is 42.7 cm³/mol. The van der Waals surface area contributed by atoms with E-state index in [0.29, 0.717) is 6.42 Å². The Bertz CT molecular complexity index is 169. The highest BCUT2D eigenvalue weighted by Gasteiger charge is 2.07. The van der Waals surface area contributed by atoms with Gasteiger partial charge in [-0.3, -0.25) is 4.79 Å². The molecule has 11 heavy (non-hydrogen) atoms. The Balaban J connectivity index is 3.63. The van der Waals surface area contributed by atoms with Gasteiger partial charge in [0.15, 0.2) is 0 Å². The molecule has 0 aliphatic heterocycles. The smallest absolute Gasteiger partial charge is 0.221 e. The Morgan fingerprint density at radius 2 is 2.09 bits per heavy atom. The third-order valence-electron chi connectivity index (χ3n) is 1.16. The van der Waals surface area contributed by atoms with Gasteiger partial charge in [-0.2, -0.15) is 5.26 Å². The highest BCUT2D eigenvalue weighted by Crippen LogP contribution is 1.98. The maximum atomic E-state index is 11.0. The molecule has 3 heteroatoms. The van der Waals surface area contributed by atoms with Gasteiger partial charge < -0.3 is 5.32 Å². The molecule has 0 bridgehead atoms. The van der Waals surface area contributed by atoms with Crippen LogP contribution in [0.25, 0.3) is 0 Å². The summed E-state index contributed by atoms with van der Waals surface area (Å²) in [7, 11) is 0. The summed E-state index contributed by atoms with van der Waals surface area (Å²) in [5.74, 6) is -0.234. The van der Waals surface area contributed by atoms with Gasteiger partial charge in [0.05, 0.1) is 12.0 Å². The van der Waals surface area contributed by atoms with Crippen molar-refractivity contribution < 1.29 is 4.79 Å². The van der Waals surface area contributed by atoms with Gasteiger partial charge in [-0.15, -0.1) is 0 Å². The second kappa shape index (κ2) is 4.73. The molecule has 0 aliphatic carbocycles. The summed E-state index contributed by atoms with van der Waals surface area (Å²) >= 11 is 0. The van der Waals surface area contributed by atoms with Gasteiger partial charge in [-0.05, 0) is 20.8 Å². The van der Waals surface area contributed by atoms with E-state index >= 15 is 0 Å². The summed E-state index contributed by atoms with van der Waals surface area (Å²) in [5.41, 5.74) is 0. The first-order valence-corrected chi connectivity index (χ1v) is 3.75. The molecule has 62 valence electrons. The molecule has 0 saturated carbocycles. The molecule has 1 atom stereocenters. The van der Waals surface area contributed by atoms with Crippen LogP contribution >= 0.6 is 0 Å². The Kier molecular flexibility index (Phi) is 4.28. The molecule has 0 aromatic carbocycles. The number of rotatable bonds is 3. The molecule has 0 heterocycles. The normalized spacial score (nSPS) is 12.3. The molecule has 1 N–H and O–H groups in total. The first kappa shape index (κ1) is 9.96. The van der Waals surface area contributed by atoms with Gasteiger partial charge in [0.2, 0.25) is 5.91 Å². The highest BCUT2D eigenvalue weighted by molar-refractivity contribution is 5.76. The number of hydrogen-bond acceptors (Lipinski definition) is 2. The van der Waals surface area contributed by atoms with Crippen LogP contribution in [0.4, 0.5) is 0 Å². The van der Waals surface area contributed by atoms with Crippen LogP contribution < -0.4 is 5.32 Å². The van der Waals surface area contributed by atoms with Gasteiger partial charge in [0.1, 0.15) is 0 Å². The van der Waals surface area contributed by atoms with Crippen molar-refractivity contribution in [2.75, 3.05) is 0 Å². The largest absolute Gasteiger partial charge is 0.354 e. The predicted octanol–water partition coefficient (Wildman–Crippen LogP) is 1.06. The van der Waals surface area contributed by atoms with Crippen molar-refractivity contribution in [3.63, 3.8) is 0 Å². The summed E-state index contributed by atoms with van der Waals surface area (Å²) in [6.45, 7) is 5.53. The van der Waals surface area contributed by atoms with Crippen LogP contribution in [0.3, 0.4) is 0 Å². The van der Waals surface area contributed by atoms with Crippen molar-refractivity contribution in [3.05, 3.63) is 0 Å². The van der Waals surface area contributed by atoms with E-state index in [9.17, 15) is 4.79 Å². The van der Waals surface area contributed by atoms with Crippen molar-refractivity contribution >= 4 is 5.91 Å². The average Bonchev–Trinajstić information content (AvgIpc) is 1.85. The van der Waals surface area contributed by atoms with Gasteiger partial charge in [-0.1, -0.05) is 0 Å². The molecule has 3 nitrogen and oxygen atoms in total. The minimum atomic E-state index is -0.186. The SMILES string of the molecule is CC(C#N)CC(=O)NC(C)C. The lowest BCUT2D eigenvalue weighted by Gasteiger charge is -2.08. The lowest BCUT2D eigenvalue weighted by atomic mass is 10.1. The van der Waals surface area contributed by atoms with E-state index in [1.165, 1.54) is 0 Å². The summed E-state index contributed by atoms with van der Waals surface area (Å²) in [4.78, 5) is 11.0. The quantitative estimate of drug-likeness (QED) is 0.660. The lowest BCUT2D eigenvalue weighted by molar-refractivity contribution is -0.122. The molecule has 0 fully saturated rings. The lowest BCUT2D eigenvalue weighted by Crippen LogP contribution is -2.30. The van der Waals surface area contributed by atoms with E-state index in [0.717, 1.165) is 0 Å². The minimum Gasteiger partial charge on any atom is -0.354 e.